The minimum Gasteiger partial charge on any atom is -0.504 e. The Hall–Kier alpha value is -3.59. The number of carbonyl (C=O) groups is 3. The van der Waals surface area contributed by atoms with Crippen LogP contribution in [0.2, 0.25) is 0 Å². The third-order valence-corrected chi connectivity index (χ3v) is 7.27. The number of piperazine rings is 1. The molecule has 1 aliphatic heterocycles. The highest BCUT2D eigenvalue weighted by Gasteiger charge is 2.38. The molecule has 36 heavy (non-hydrogen) atoms. The van der Waals surface area contributed by atoms with Crippen LogP contribution in [0.1, 0.15) is 47.6 Å². The van der Waals surface area contributed by atoms with Crippen molar-refractivity contribution in [2.24, 2.45) is 11.7 Å². The highest BCUT2D eigenvalue weighted by molar-refractivity contribution is 5.95. The molecule has 0 radical (unpaired) electrons. The number of nitrogens with zero attached hydrogens (tertiary/aromatic N) is 2. The van der Waals surface area contributed by atoms with Crippen LogP contribution < -0.4 is 15.8 Å². The minimum atomic E-state index is -0.864. The van der Waals surface area contributed by atoms with Crippen LogP contribution in [0.15, 0.2) is 48.5 Å². The van der Waals surface area contributed by atoms with E-state index in [1.165, 1.54) is 13.2 Å². The summed E-state index contributed by atoms with van der Waals surface area (Å²) in [5.74, 6) is -0.868. The van der Waals surface area contributed by atoms with Crippen molar-refractivity contribution in [2.75, 3.05) is 33.3 Å². The van der Waals surface area contributed by atoms with Crippen LogP contribution in [-0.2, 0) is 9.59 Å². The number of hydrogen-bond donors (Lipinski definition) is 3. The molecule has 2 aromatic rings. The third kappa shape index (κ3) is 5.62. The first-order chi connectivity index (χ1) is 17.4. The molecular weight excluding hydrogens is 460 g/mol. The van der Waals surface area contributed by atoms with Gasteiger partial charge in [-0.2, -0.15) is 0 Å². The second-order valence-electron chi connectivity index (χ2n) is 9.43. The smallest absolute Gasteiger partial charge is 0.254 e. The Morgan fingerprint density at radius 2 is 1.72 bits per heavy atom. The van der Waals surface area contributed by atoms with Crippen molar-refractivity contribution in [3.63, 3.8) is 0 Å². The Morgan fingerprint density at radius 1 is 1.03 bits per heavy atom. The SMILES string of the molecule is COc1ccc(C(=O)N2CCN([C@@H]3CCCC[C@H]3C(=O)N[C@H](C(N)=O)c3ccccc3)CC2)cc1O. The zero-order chi connectivity index (χ0) is 25.7. The van der Waals surface area contributed by atoms with Gasteiger partial charge < -0.3 is 25.8 Å². The van der Waals surface area contributed by atoms with Gasteiger partial charge in [0.1, 0.15) is 6.04 Å². The molecule has 0 unspecified atom stereocenters. The summed E-state index contributed by atoms with van der Waals surface area (Å²) in [5.41, 5.74) is 6.70. The number of benzene rings is 2. The quantitative estimate of drug-likeness (QED) is 0.541. The van der Waals surface area contributed by atoms with Gasteiger partial charge in [0.05, 0.1) is 13.0 Å². The topological polar surface area (TPSA) is 125 Å². The predicted octanol–water partition coefficient (Wildman–Crippen LogP) is 2.06. The van der Waals surface area contributed by atoms with E-state index in [9.17, 15) is 19.5 Å². The number of ether oxygens (including phenoxy) is 1. The van der Waals surface area contributed by atoms with E-state index in [1.54, 1.807) is 29.2 Å². The molecule has 3 atom stereocenters. The van der Waals surface area contributed by atoms with Gasteiger partial charge in [-0.1, -0.05) is 43.2 Å². The fraction of sp³-hybridized carbons (Fsp3) is 0.444. The van der Waals surface area contributed by atoms with E-state index < -0.39 is 11.9 Å². The Morgan fingerprint density at radius 3 is 2.36 bits per heavy atom. The van der Waals surface area contributed by atoms with E-state index in [2.05, 4.69) is 10.2 Å². The molecule has 9 heteroatoms. The summed E-state index contributed by atoms with van der Waals surface area (Å²) in [6.45, 7) is 2.37. The van der Waals surface area contributed by atoms with E-state index in [4.69, 9.17) is 10.5 Å². The molecule has 0 spiro atoms. The number of phenols is 1. The Balaban J connectivity index is 1.39. The van der Waals surface area contributed by atoms with Crippen molar-refractivity contribution >= 4 is 17.7 Å². The van der Waals surface area contributed by atoms with Crippen molar-refractivity contribution in [2.45, 2.75) is 37.8 Å². The molecule has 1 aliphatic carbocycles. The average molecular weight is 495 g/mol. The summed E-state index contributed by atoms with van der Waals surface area (Å²) in [6.07, 6.45) is 3.64. The Kier molecular flexibility index (Phi) is 8.10. The third-order valence-electron chi connectivity index (χ3n) is 7.27. The summed E-state index contributed by atoms with van der Waals surface area (Å²) < 4.78 is 5.06. The number of rotatable bonds is 7. The lowest BCUT2D eigenvalue weighted by molar-refractivity contribution is -0.133. The molecule has 3 amide bonds. The van der Waals surface area contributed by atoms with Gasteiger partial charge in [0, 0.05) is 37.8 Å². The fourth-order valence-electron chi connectivity index (χ4n) is 5.33. The summed E-state index contributed by atoms with van der Waals surface area (Å²) in [5, 5.41) is 12.9. The van der Waals surface area contributed by atoms with E-state index in [-0.39, 0.29) is 29.5 Å². The largest absolute Gasteiger partial charge is 0.504 e. The summed E-state index contributed by atoms with van der Waals surface area (Å²) >= 11 is 0. The van der Waals surface area contributed by atoms with Gasteiger partial charge >= 0.3 is 0 Å². The van der Waals surface area contributed by atoms with E-state index in [1.807, 2.05) is 18.2 Å². The second-order valence-corrected chi connectivity index (χ2v) is 9.43. The fourth-order valence-corrected chi connectivity index (χ4v) is 5.33. The van der Waals surface area contributed by atoms with Gasteiger partial charge in [0.2, 0.25) is 11.8 Å². The Bertz CT molecular complexity index is 1080. The van der Waals surface area contributed by atoms with Crippen LogP contribution in [0.5, 0.6) is 11.5 Å². The number of primary amides is 1. The van der Waals surface area contributed by atoms with Gasteiger partial charge in [0.25, 0.3) is 5.91 Å². The summed E-state index contributed by atoms with van der Waals surface area (Å²) in [6, 6.07) is 12.9. The monoisotopic (exact) mass is 494 g/mol. The van der Waals surface area contributed by atoms with Crippen LogP contribution in [0.3, 0.4) is 0 Å². The van der Waals surface area contributed by atoms with Crippen LogP contribution in [0.4, 0.5) is 0 Å². The van der Waals surface area contributed by atoms with Crippen molar-refractivity contribution in [1.82, 2.24) is 15.1 Å². The van der Waals surface area contributed by atoms with Crippen LogP contribution >= 0.6 is 0 Å². The Labute approximate surface area is 211 Å². The first kappa shape index (κ1) is 25.5. The number of nitrogens with two attached hydrogens (primary N) is 1. The molecular formula is C27H34N4O5. The number of phenolic OH excluding ortho intramolecular Hbond substituents is 1. The molecule has 192 valence electrons. The van der Waals surface area contributed by atoms with Crippen LogP contribution in [0.25, 0.3) is 0 Å². The van der Waals surface area contributed by atoms with Crippen molar-refractivity contribution in [3.05, 3.63) is 59.7 Å². The number of nitrogens with one attached hydrogen (secondary N) is 1. The highest BCUT2D eigenvalue weighted by atomic mass is 16.5. The molecule has 4 rings (SSSR count). The summed E-state index contributed by atoms with van der Waals surface area (Å²) in [7, 11) is 1.46. The molecule has 9 nitrogen and oxygen atoms in total. The van der Waals surface area contributed by atoms with Gasteiger partial charge in [-0.15, -0.1) is 0 Å². The molecule has 2 aromatic carbocycles. The standard InChI is InChI=1S/C27H34N4O5/c1-36-23-12-11-19(17-22(23)32)27(35)31-15-13-30(14-16-31)21-10-6-5-9-20(21)26(34)29-24(25(28)33)18-7-3-2-4-8-18/h2-4,7-8,11-12,17,20-21,24,32H,5-6,9-10,13-16H2,1H3,(H2,28,33)(H,29,34)/t20-,21-,24+/m1/s1. The first-order valence-corrected chi connectivity index (χ1v) is 12.4. The van der Waals surface area contributed by atoms with E-state index >= 15 is 0 Å². The number of carbonyl (C=O) groups excluding carboxylic acids is 3. The first-order valence-electron chi connectivity index (χ1n) is 12.4. The lowest BCUT2D eigenvalue weighted by Gasteiger charge is -2.44. The van der Waals surface area contributed by atoms with Crippen molar-refractivity contribution < 1.29 is 24.2 Å². The van der Waals surface area contributed by atoms with Gasteiger partial charge in [0.15, 0.2) is 11.5 Å². The van der Waals surface area contributed by atoms with E-state index in [0.29, 0.717) is 43.1 Å². The number of hydrogen-bond acceptors (Lipinski definition) is 6. The van der Waals surface area contributed by atoms with E-state index in [0.717, 1.165) is 25.7 Å². The molecule has 0 aromatic heterocycles. The lowest BCUT2D eigenvalue weighted by Crippen LogP contribution is -2.56. The van der Waals surface area contributed by atoms with Crippen LogP contribution in [0, 0.1) is 5.92 Å². The average Bonchev–Trinajstić information content (AvgIpc) is 2.91. The molecule has 2 fully saturated rings. The molecule has 1 saturated heterocycles. The number of aromatic hydroxyl groups is 1. The second kappa shape index (κ2) is 11.4. The zero-order valence-electron chi connectivity index (χ0n) is 20.6. The molecule has 0 bridgehead atoms. The predicted molar refractivity (Wildman–Crippen MR) is 134 cm³/mol. The van der Waals surface area contributed by atoms with Crippen molar-refractivity contribution in [3.8, 4) is 11.5 Å². The molecule has 4 N–H and O–H groups in total. The molecule has 2 aliphatic rings. The number of methoxy groups -OCH3 is 1. The van der Waals surface area contributed by atoms with Crippen molar-refractivity contribution in [1.29, 1.82) is 0 Å². The maximum Gasteiger partial charge on any atom is 0.254 e. The normalized spacial score (nSPS) is 21.4. The highest BCUT2D eigenvalue weighted by Crippen LogP contribution is 2.31. The zero-order valence-corrected chi connectivity index (χ0v) is 20.6. The number of amides is 3. The van der Waals surface area contributed by atoms with Crippen LogP contribution in [-0.4, -0.2) is 72.0 Å². The van der Waals surface area contributed by atoms with Gasteiger partial charge in [-0.25, -0.2) is 0 Å². The summed E-state index contributed by atoms with van der Waals surface area (Å²) in [4.78, 5) is 42.5. The molecule has 1 saturated carbocycles. The lowest BCUT2D eigenvalue weighted by atomic mass is 9.82. The molecule has 1 heterocycles. The van der Waals surface area contributed by atoms with Gasteiger partial charge in [-0.3, -0.25) is 19.3 Å². The minimum absolute atomic E-state index is 0.0466. The maximum atomic E-state index is 13.3. The maximum absolute atomic E-state index is 13.3. The van der Waals surface area contributed by atoms with Gasteiger partial charge in [-0.05, 0) is 36.6 Å².